The summed E-state index contributed by atoms with van der Waals surface area (Å²) in [4.78, 5) is 26.9. The van der Waals surface area contributed by atoms with E-state index in [4.69, 9.17) is 14.7 Å². The predicted octanol–water partition coefficient (Wildman–Crippen LogP) is 5.38. The fourth-order valence-corrected chi connectivity index (χ4v) is 4.69. The molecule has 0 bridgehead atoms. The van der Waals surface area contributed by atoms with Crippen molar-refractivity contribution in [2.45, 2.75) is 19.9 Å². The van der Waals surface area contributed by atoms with Gasteiger partial charge in [0.05, 0.1) is 24.4 Å². The van der Waals surface area contributed by atoms with Crippen LogP contribution in [0.5, 0.6) is 0 Å². The van der Waals surface area contributed by atoms with Crippen LogP contribution < -0.4 is 5.32 Å². The molecule has 3 aromatic heterocycles. The first kappa shape index (κ1) is 22.7. The lowest BCUT2D eigenvalue weighted by Crippen LogP contribution is -2.10. The Hall–Kier alpha value is -4.11. The van der Waals surface area contributed by atoms with Crippen LogP contribution in [0.25, 0.3) is 27.6 Å². The molecule has 0 aliphatic heterocycles. The summed E-state index contributed by atoms with van der Waals surface area (Å²) in [6.45, 7) is 2.66. The van der Waals surface area contributed by atoms with Crippen LogP contribution in [-0.2, 0) is 22.5 Å². The Kier molecular flexibility index (Phi) is 6.49. The number of anilines is 1. The molecule has 0 aliphatic carbocycles. The molecule has 0 radical (unpaired) electrons. The minimum atomic E-state index is -0.325. The van der Waals surface area contributed by atoms with Gasteiger partial charge in [0.25, 0.3) is 0 Å². The van der Waals surface area contributed by atoms with Gasteiger partial charge in [0.1, 0.15) is 11.5 Å². The first-order chi connectivity index (χ1) is 17.1. The van der Waals surface area contributed by atoms with Gasteiger partial charge >= 0.3 is 5.97 Å². The van der Waals surface area contributed by atoms with Crippen molar-refractivity contribution in [3.63, 3.8) is 0 Å². The maximum absolute atomic E-state index is 13.6. The third kappa shape index (κ3) is 4.90. The summed E-state index contributed by atoms with van der Waals surface area (Å²) in [6.07, 6.45) is 1.78. The van der Waals surface area contributed by atoms with E-state index >= 15 is 0 Å². The lowest BCUT2D eigenvalue weighted by Gasteiger charge is -2.10. The molecule has 3 heterocycles. The Labute approximate surface area is 205 Å². The molecule has 0 saturated carbocycles. The lowest BCUT2D eigenvalue weighted by molar-refractivity contribution is -0.142. The zero-order valence-corrected chi connectivity index (χ0v) is 19.8. The summed E-state index contributed by atoms with van der Waals surface area (Å²) in [5.74, 6) is -0.176. The third-order valence-corrected chi connectivity index (χ3v) is 6.25. The number of halogens is 1. The van der Waals surface area contributed by atoms with Crippen LogP contribution in [0.3, 0.4) is 0 Å². The Balaban J connectivity index is 1.59. The number of thiazole rings is 1. The zero-order valence-electron chi connectivity index (χ0n) is 18.9. The minimum Gasteiger partial charge on any atom is -0.466 e. The van der Waals surface area contributed by atoms with Gasteiger partial charge in [-0.15, -0.1) is 11.3 Å². The van der Waals surface area contributed by atoms with Crippen molar-refractivity contribution in [3.05, 3.63) is 89.3 Å². The highest BCUT2D eigenvalue weighted by atomic mass is 32.1. The number of aromatic nitrogens is 4. The largest absolute Gasteiger partial charge is 0.466 e. The van der Waals surface area contributed by atoms with Crippen LogP contribution in [0.15, 0.2) is 72.2 Å². The zero-order chi connectivity index (χ0) is 24.2. The van der Waals surface area contributed by atoms with E-state index in [1.807, 2.05) is 40.1 Å². The molecule has 2 aromatic carbocycles. The second-order valence-corrected chi connectivity index (χ2v) is 8.58. The van der Waals surface area contributed by atoms with E-state index in [1.54, 1.807) is 31.3 Å². The van der Waals surface area contributed by atoms with E-state index in [2.05, 4.69) is 10.3 Å². The first-order valence-electron chi connectivity index (χ1n) is 11.1. The SMILES string of the molecule is CCOC(=O)Cc1csc2nc(-c3ccc(F)cc3)c(-c3ccnc(NCc4ccccc4)n3)n12. The quantitative estimate of drug-likeness (QED) is 0.296. The highest BCUT2D eigenvalue weighted by Crippen LogP contribution is 2.35. The normalized spacial score (nSPS) is 11.0. The van der Waals surface area contributed by atoms with E-state index in [1.165, 1.54) is 23.5 Å². The smallest absolute Gasteiger partial charge is 0.311 e. The Morgan fingerprint density at radius 2 is 1.89 bits per heavy atom. The number of fused-ring (bicyclic) bond motifs is 1. The summed E-state index contributed by atoms with van der Waals surface area (Å²) in [7, 11) is 0. The molecule has 0 aliphatic rings. The standard InChI is InChI=1S/C26H22FN5O2S/c1-2-34-22(33)14-20-16-35-26-31-23(18-8-10-19(27)11-9-18)24(32(20)26)21-12-13-28-25(30-21)29-15-17-6-4-3-5-7-17/h3-13,16H,2,14-15H2,1H3,(H,28,29,30). The van der Waals surface area contributed by atoms with Gasteiger partial charge in [-0.3, -0.25) is 9.20 Å². The molecule has 1 N–H and O–H groups in total. The van der Waals surface area contributed by atoms with Crippen molar-refractivity contribution < 1.29 is 13.9 Å². The number of benzene rings is 2. The van der Waals surface area contributed by atoms with Crippen molar-refractivity contribution >= 4 is 28.2 Å². The number of hydrogen-bond donors (Lipinski definition) is 1. The number of carbonyl (C=O) groups excluding carboxylic acids is 1. The van der Waals surface area contributed by atoms with Crippen molar-refractivity contribution in [1.29, 1.82) is 0 Å². The predicted molar refractivity (Wildman–Crippen MR) is 134 cm³/mol. The molecule has 5 rings (SSSR count). The molecular weight excluding hydrogens is 465 g/mol. The molecular formula is C26H22FN5O2S. The summed E-state index contributed by atoms with van der Waals surface area (Å²) in [6, 6.07) is 18.0. The average Bonchev–Trinajstić information content (AvgIpc) is 3.44. The number of imidazole rings is 1. The molecule has 0 fully saturated rings. The molecule has 176 valence electrons. The van der Waals surface area contributed by atoms with E-state index < -0.39 is 0 Å². The lowest BCUT2D eigenvalue weighted by atomic mass is 10.1. The van der Waals surface area contributed by atoms with Gasteiger partial charge in [0, 0.05) is 29.4 Å². The Bertz CT molecular complexity index is 1460. The van der Waals surface area contributed by atoms with E-state index in [0.29, 0.717) is 41.1 Å². The monoisotopic (exact) mass is 487 g/mol. The highest BCUT2D eigenvalue weighted by Gasteiger charge is 2.22. The van der Waals surface area contributed by atoms with Crippen LogP contribution in [-0.4, -0.2) is 31.9 Å². The van der Waals surface area contributed by atoms with E-state index in [-0.39, 0.29) is 18.2 Å². The van der Waals surface area contributed by atoms with Crippen LogP contribution >= 0.6 is 11.3 Å². The van der Waals surface area contributed by atoms with Gasteiger partial charge in [-0.1, -0.05) is 30.3 Å². The average molecular weight is 488 g/mol. The number of nitrogens with one attached hydrogen (secondary N) is 1. The fraction of sp³-hybridized carbons (Fsp3) is 0.154. The van der Waals surface area contributed by atoms with Crippen molar-refractivity contribution in [3.8, 4) is 22.6 Å². The highest BCUT2D eigenvalue weighted by molar-refractivity contribution is 7.15. The maximum Gasteiger partial charge on any atom is 0.311 e. The number of hydrogen-bond acceptors (Lipinski definition) is 7. The summed E-state index contributed by atoms with van der Waals surface area (Å²) >= 11 is 1.42. The molecule has 0 unspecified atom stereocenters. The minimum absolute atomic E-state index is 0.101. The van der Waals surface area contributed by atoms with Gasteiger partial charge in [-0.25, -0.2) is 19.3 Å². The second kappa shape index (κ2) is 10.0. The van der Waals surface area contributed by atoms with Crippen LogP contribution in [0.2, 0.25) is 0 Å². The number of ether oxygens (including phenoxy) is 1. The van der Waals surface area contributed by atoms with Crippen LogP contribution in [0.4, 0.5) is 10.3 Å². The van der Waals surface area contributed by atoms with Crippen LogP contribution in [0.1, 0.15) is 18.2 Å². The Morgan fingerprint density at radius 3 is 2.66 bits per heavy atom. The molecule has 0 amide bonds. The molecule has 0 saturated heterocycles. The molecule has 0 atom stereocenters. The van der Waals surface area contributed by atoms with Crippen LogP contribution in [0, 0.1) is 5.82 Å². The molecule has 5 aromatic rings. The number of rotatable bonds is 8. The third-order valence-electron chi connectivity index (χ3n) is 5.37. The van der Waals surface area contributed by atoms with Gasteiger partial charge in [0.15, 0.2) is 4.96 Å². The molecule has 7 nitrogen and oxygen atoms in total. The number of esters is 1. The van der Waals surface area contributed by atoms with Gasteiger partial charge in [-0.05, 0) is 42.8 Å². The summed E-state index contributed by atoms with van der Waals surface area (Å²) < 4.78 is 20.7. The van der Waals surface area contributed by atoms with E-state index in [9.17, 15) is 9.18 Å². The topological polar surface area (TPSA) is 81.4 Å². The van der Waals surface area contributed by atoms with Crippen molar-refractivity contribution in [1.82, 2.24) is 19.4 Å². The maximum atomic E-state index is 13.6. The van der Waals surface area contributed by atoms with Crippen molar-refractivity contribution in [2.24, 2.45) is 0 Å². The summed E-state index contributed by atoms with van der Waals surface area (Å²) in [5, 5.41) is 5.16. The van der Waals surface area contributed by atoms with Gasteiger partial charge in [0.2, 0.25) is 5.95 Å². The van der Waals surface area contributed by atoms with E-state index in [0.717, 1.165) is 16.8 Å². The van der Waals surface area contributed by atoms with Gasteiger partial charge < -0.3 is 10.1 Å². The molecule has 0 spiro atoms. The fourth-order valence-electron chi connectivity index (χ4n) is 3.80. The van der Waals surface area contributed by atoms with Gasteiger partial charge in [-0.2, -0.15) is 0 Å². The number of carbonyl (C=O) groups is 1. The first-order valence-corrected chi connectivity index (χ1v) is 12.0. The molecule has 9 heteroatoms. The second-order valence-electron chi connectivity index (χ2n) is 7.75. The Morgan fingerprint density at radius 1 is 1.09 bits per heavy atom. The molecule has 35 heavy (non-hydrogen) atoms. The van der Waals surface area contributed by atoms with Crippen molar-refractivity contribution in [2.75, 3.05) is 11.9 Å². The summed E-state index contributed by atoms with van der Waals surface area (Å²) in [5.41, 5.74) is 4.58. The number of nitrogens with zero attached hydrogens (tertiary/aromatic N) is 4.